The first kappa shape index (κ1) is 15.8. The van der Waals surface area contributed by atoms with Crippen molar-refractivity contribution < 1.29 is 9.53 Å². The van der Waals surface area contributed by atoms with E-state index >= 15 is 0 Å². The van der Waals surface area contributed by atoms with Crippen LogP contribution in [0.3, 0.4) is 0 Å². The fraction of sp³-hybridized carbons (Fsp3) is 0.562. The molecule has 1 fully saturated rings. The molecular weight excluding hydrogens is 266 g/mol. The molecule has 0 unspecified atom stereocenters. The molecule has 1 aliphatic heterocycles. The number of amides is 1. The predicted molar refractivity (Wildman–Crippen MR) is 83.0 cm³/mol. The first-order valence-electron chi connectivity index (χ1n) is 7.46. The van der Waals surface area contributed by atoms with Gasteiger partial charge in [-0.05, 0) is 49.1 Å². The van der Waals surface area contributed by atoms with Gasteiger partial charge in [0.05, 0.1) is 0 Å². The number of carbonyl (C=O) groups is 1. The van der Waals surface area contributed by atoms with Gasteiger partial charge in [0.15, 0.2) is 0 Å². The molecule has 1 heterocycles. The molecule has 1 aromatic carbocycles. The lowest BCUT2D eigenvalue weighted by atomic mass is 9.84. The molecule has 1 aliphatic rings. The number of nitrogen functional groups attached to an aromatic ring is 1. The van der Waals surface area contributed by atoms with Crippen molar-refractivity contribution in [2.24, 2.45) is 11.3 Å². The van der Waals surface area contributed by atoms with E-state index in [4.69, 9.17) is 10.6 Å². The molecule has 0 radical (unpaired) electrons. The number of nitrogens with two attached hydrogens (primary N) is 1. The molecule has 21 heavy (non-hydrogen) atoms. The third-order valence-corrected chi connectivity index (χ3v) is 3.90. The fourth-order valence-corrected chi connectivity index (χ4v) is 2.81. The summed E-state index contributed by atoms with van der Waals surface area (Å²) in [6, 6.07) is 7.01. The minimum absolute atomic E-state index is 0.294. The number of benzene rings is 1. The van der Waals surface area contributed by atoms with Crippen molar-refractivity contribution >= 4 is 5.91 Å². The summed E-state index contributed by atoms with van der Waals surface area (Å²) in [6.07, 6.45) is 2.56. The van der Waals surface area contributed by atoms with Crippen LogP contribution in [0.1, 0.15) is 37.0 Å². The van der Waals surface area contributed by atoms with Crippen molar-refractivity contribution in [1.29, 1.82) is 0 Å². The standard InChI is InChI=1S/C16H25N3O2/c1-16(2)8-3-9-19(12-16)10-11-21-14-6-4-13(5-7-14)15(20)18-17/h4-7H,3,8-12,17H2,1-2H3,(H,18,20). The summed E-state index contributed by atoms with van der Waals surface area (Å²) in [4.78, 5) is 13.8. The van der Waals surface area contributed by atoms with Crippen molar-refractivity contribution in [2.75, 3.05) is 26.2 Å². The zero-order valence-corrected chi connectivity index (χ0v) is 12.9. The Labute approximate surface area is 126 Å². The van der Waals surface area contributed by atoms with Gasteiger partial charge in [-0.2, -0.15) is 0 Å². The largest absolute Gasteiger partial charge is 0.492 e. The molecule has 5 heteroatoms. The Morgan fingerprint density at radius 2 is 2.10 bits per heavy atom. The van der Waals surface area contributed by atoms with Gasteiger partial charge in [0.1, 0.15) is 12.4 Å². The van der Waals surface area contributed by atoms with Gasteiger partial charge >= 0.3 is 0 Å². The Morgan fingerprint density at radius 1 is 1.38 bits per heavy atom. The van der Waals surface area contributed by atoms with Crippen molar-refractivity contribution in [3.63, 3.8) is 0 Å². The monoisotopic (exact) mass is 291 g/mol. The minimum Gasteiger partial charge on any atom is -0.492 e. The van der Waals surface area contributed by atoms with Crippen LogP contribution in [0.4, 0.5) is 0 Å². The number of hydrazine groups is 1. The number of likely N-dealkylation sites (tertiary alicyclic amines) is 1. The summed E-state index contributed by atoms with van der Waals surface area (Å²) in [5.41, 5.74) is 3.05. The normalized spacial score (nSPS) is 18.2. The van der Waals surface area contributed by atoms with Crippen LogP contribution in [0.25, 0.3) is 0 Å². The highest BCUT2D eigenvalue weighted by atomic mass is 16.5. The maximum absolute atomic E-state index is 11.3. The smallest absolute Gasteiger partial charge is 0.265 e. The molecule has 1 amide bonds. The average Bonchev–Trinajstić information content (AvgIpc) is 2.46. The minimum atomic E-state index is -0.294. The van der Waals surface area contributed by atoms with E-state index in [0.29, 0.717) is 17.6 Å². The number of carbonyl (C=O) groups excluding carboxylic acids is 1. The van der Waals surface area contributed by atoms with Crippen LogP contribution in [0.15, 0.2) is 24.3 Å². The topological polar surface area (TPSA) is 67.6 Å². The molecule has 1 aromatic rings. The number of piperidine rings is 1. The number of nitrogens with one attached hydrogen (secondary N) is 1. The van der Waals surface area contributed by atoms with Crippen LogP contribution in [-0.2, 0) is 0 Å². The molecule has 0 bridgehead atoms. The molecule has 0 aromatic heterocycles. The molecule has 3 N–H and O–H groups in total. The van der Waals surface area contributed by atoms with Crippen molar-refractivity contribution in [2.45, 2.75) is 26.7 Å². The van der Waals surface area contributed by atoms with E-state index in [9.17, 15) is 4.79 Å². The molecule has 5 nitrogen and oxygen atoms in total. The second-order valence-corrected chi connectivity index (χ2v) is 6.39. The second-order valence-electron chi connectivity index (χ2n) is 6.39. The highest BCUT2D eigenvalue weighted by Crippen LogP contribution is 2.28. The molecule has 116 valence electrons. The first-order chi connectivity index (χ1) is 10.00. The zero-order valence-electron chi connectivity index (χ0n) is 12.9. The Balaban J connectivity index is 1.77. The van der Waals surface area contributed by atoms with E-state index in [0.717, 1.165) is 25.4 Å². The number of ether oxygens (including phenoxy) is 1. The van der Waals surface area contributed by atoms with Crippen LogP contribution in [0.2, 0.25) is 0 Å². The number of hydrogen-bond acceptors (Lipinski definition) is 4. The number of nitrogens with zero attached hydrogens (tertiary/aromatic N) is 1. The Kier molecular flexibility index (Phi) is 5.20. The van der Waals surface area contributed by atoms with Gasteiger partial charge < -0.3 is 4.74 Å². The van der Waals surface area contributed by atoms with E-state index in [1.165, 1.54) is 12.8 Å². The second kappa shape index (κ2) is 6.91. The first-order valence-corrected chi connectivity index (χ1v) is 7.46. The van der Waals surface area contributed by atoms with Gasteiger partial charge in [-0.1, -0.05) is 13.8 Å². The van der Waals surface area contributed by atoms with Gasteiger partial charge in [-0.3, -0.25) is 15.1 Å². The lowest BCUT2D eigenvalue weighted by Crippen LogP contribution is -2.41. The highest BCUT2D eigenvalue weighted by molar-refractivity contribution is 5.93. The van der Waals surface area contributed by atoms with Crippen LogP contribution in [0, 0.1) is 5.41 Å². The van der Waals surface area contributed by atoms with Gasteiger partial charge in [0.2, 0.25) is 0 Å². The predicted octanol–water partition coefficient (Wildman–Crippen LogP) is 1.79. The molecule has 0 aliphatic carbocycles. The lowest BCUT2D eigenvalue weighted by Gasteiger charge is -2.37. The van der Waals surface area contributed by atoms with Gasteiger partial charge in [0, 0.05) is 18.7 Å². The third-order valence-electron chi connectivity index (χ3n) is 3.90. The van der Waals surface area contributed by atoms with Crippen LogP contribution in [-0.4, -0.2) is 37.0 Å². The number of rotatable bonds is 5. The van der Waals surface area contributed by atoms with E-state index in [1.807, 2.05) is 0 Å². The lowest BCUT2D eigenvalue weighted by molar-refractivity contribution is 0.0953. The van der Waals surface area contributed by atoms with Crippen molar-refractivity contribution in [3.8, 4) is 5.75 Å². The summed E-state index contributed by atoms with van der Waals surface area (Å²) in [6.45, 7) is 8.53. The summed E-state index contributed by atoms with van der Waals surface area (Å²) >= 11 is 0. The van der Waals surface area contributed by atoms with Gasteiger partial charge in [0.25, 0.3) is 5.91 Å². The molecule has 1 saturated heterocycles. The summed E-state index contributed by atoms with van der Waals surface area (Å²) in [7, 11) is 0. The van der Waals surface area contributed by atoms with Crippen molar-refractivity contribution in [1.82, 2.24) is 10.3 Å². The van der Waals surface area contributed by atoms with Crippen LogP contribution >= 0.6 is 0 Å². The van der Waals surface area contributed by atoms with Crippen LogP contribution in [0.5, 0.6) is 5.75 Å². The Bertz CT molecular complexity index is 471. The van der Waals surface area contributed by atoms with E-state index in [-0.39, 0.29) is 5.91 Å². The molecule has 0 atom stereocenters. The number of hydrogen-bond donors (Lipinski definition) is 2. The van der Waals surface area contributed by atoms with Crippen LogP contribution < -0.4 is 16.0 Å². The summed E-state index contributed by atoms with van der Waals surface area (Å²) in [5.74, 6) is 5.57. The maximum Gasteiger partial charge on any atom is 0.265 e. The van der Waals surface area contributed by atoms with E-state index in [1.54, 1.807) is 24.3 Å². The molecule has 0 saturated carbocycles. The van der Waals surface area contributed by atoms with Gasteiger partial charge in [-0.15, -0.1) is 0 Å². The molecule has 2 rings (SSSR count). The highest BCUT2D eigenvalue weighted by Gasteiger charge is 2.25. The Hall–Kier alpha value is -1.59. The SMILES string of the molecule is CC1(C)CCCN(CCOc2ccc(C(=O)NN)cc2)C1. The third kappa shape index (κ3) is 4.72. The van der Waals surface area contributed by atoms with E-state index in [2.05, 4.69) is 24.2 Å². The Morgan fingerprint density at radius 3 is 2.71 bits per heavy atom. The quantitative estimate of drug-likeness (QED) is 0.493. The zero-order chi connectivity index (χ0) is 15.3. The van der Waals surface area contributed by atoms with E-state index < -0.39 is 0 Å². The summed E-state index contributed by atoms with van der Waals surface area (Å²) < 4.78 is 5.74. The summed E-state index contributed by atoms with van der Waals surface area (Å²) in [5, 5.41) is 0. The maximum atomic E-state index is 11.3. The van der Waals surface area contributed by atoms with Gasteiger partial charge in [-0.25, -0.2) is 5.84 Å². The average molecular weight is 291 g/mol. The van der Waals surface area contributed by atoms with Crippen molar-refractivity contribution in [3.05, 3.63) is 29.8 Å². The fourth-order valence-electron chi connectivity index (χ4n) is 2.81. The molecule has 0 spiro atoms. The molecular formula is C16H25N3O2.